The predicted molar refractivity (Wildman–Crippen MR) is 133 cm³/mol. The molecule has 4 rings (SSSR count). The minimum absolute atomic E-state index is 0.00705. The molecule has 202 valence electrons. The average Bonchev–Trinajstić information content (AvgIpc) is 3.07. The molecule has 3 saturated carbocycles. The molecule has 8 nitrogen and oxygen atoms in total. The van der Waals surface area contributed by atoms with E-state index in [0.29, 0.717) is 6.42 Å². The minimum atomic E-state index is -1.67. The fourth-order valence-electron chi connectivity index (χ4n) is 7.84. The molecule has 4 aliphatic rings. The van der Waals surface area contributed by atoms with Gasteiger partial charge in [0, 0.05) is 41.6 Å². The predicted octanol–water partition coefficient (Wildman–Crippen LogP) is 3.27. The summed E-state index contributed by atoms with van der Waals surface area (Å²) in [6, 6.07) is 0. The molecule has 0 heterocycles. The third kappa shape index (κ3) is 3.62. The standard InChI is InChI=1S/C28H35ClO8/c1-6-23(34)36-14-22(33)28(37-24(35)7-2)15(3)10-17-18-12-20(31)19-11-16(30)8-9-25(19,4)27(18,29)21(32)13-26(17,28)5/h8-9,11,15,17-18,21,32H,6-7,10,12-14H2,1-5H3/t15-,17-,18-,21-,25-,26-,27-,28+/m0/s1. The first-order chi connectivity index (χ1) is 17.2. The number of hydrogen-bond donors (Lipinski definition) is 1. The molecule has 8 atom stereocenters. The molecule has 0 aromatic rings. The van der Waals surface area contributed by atoms with Gasteiger partial charge >= 0.3 is 11.9 Å². The van der Waals surface area contributed by atoms with Gasteiger partial charge in [-0.05, 0) is 36.8 Å². The highest BCUT2D eigenvalue weighted by atomic mass is 35.5. The Morgan fingerprint density at radius 2 is 1.76 bits per heavy atom. The summed E-state index contributed by atoms with van der Waals surface area (Å²) < 4.78 is 11.2. The Morgan fingerprint density at radius 3 is 2.38 bits per heavy atom. The molecular weight excluding hydrogens is 500 g/mol. The minimum Gasteiger partial charge on any atom is -0.457 e. The lowest BCUT2D eigenvalue weighted by molar-refractivity contribution is -0.203. The van der Waals surface area contributed by atoms with Crippen LogP contribution < -0.4 is 0 Å². The van der Waals surface area contributed by atoms with Crippen molar-refractivity contribution in [2.45, 2.75) is 83.3 Å². The monoisotopic (exact) mass is 534 g/mol. The van der Waals surface area contributed by atoms with Gasteiger partial charge in [-0.15, -0.1) is 11.6 Å². The van der Waals surface area contributed by atoms with Gasteiger partial charge in [0.15, 0.2) is 23.8 Å². The Morgan fingerprint density at radius 1 is 1.11 bits per heavy atom. The second-order valence-electron chi connectivity index (χ2n) is 11.4. The van der Waals surface area contributed by atoms with E-state index in [9.17, 15) is 29.1 Å². The van der Waals surface area contributed by atoms with Crippen LogP contribution in [0.4, 0.5) is 0 Å². The zero-order valence-electron chi connectivity index (χ0n) is 22.0. The molecular formula is C28H35ClO8. The molecule has 0 amide bonds. The Balaban J connectivity index is 1.84. The summed E-state index contributed by atoms with van der Waals surface area (Å²) in [6.07, 6.45) is 3.65. The van der Waals surface area contributed by atoms with E-state index in [1.54, 1.807) is 26.8 Å². The Hall–Kier alpha value is -2.32. The first-order valence-electron chi connectivity index (χ1n) is 13.0. The van der Waals surface area contributed by atoms with Crippen LogP contribution in [0.3, 0.4) is 0 Å². The number of halogens is 1. The molecule has 37 heavy (non-hydrogen) atoms. The number of esters is 2. The van der Waals surface area contributed by atoms with Gasteiger partial charge in [0.2, 0.25) is 5.78 Å². The number of aliphatic hydroxyl groups is 1. The van der Waals surface area contributed by atoms with Crippen molar-refractivity contribution in [2.75, 3.05) is 6.61 Å². The molecule has 0 spiro atoms. The lowest BCUT2D eigenvalue weighted by Crippen LogP contribution is -2.70. The number of hydrogen-bond acceptors (Lipinski definition) is 8. The van der Waals surface area contributed by atoms with Crippen LogP contribution in [-0.4, -0.2) is 57.6 Å². The molecule has 0 aromatic heterocycles. The second-order valence-corrected chi connectivity index (χ2v) is 12.0. The Labute approximate surface area is 221 Å². The number of ketones is 3. The van der Waals surface area contributed by atoms with Crippen molar-refractivity contribution in [3.8, 4) is 0 Å². The van der Waals surface area contributed by atoms with E-state index >= 15 is 0 Å². The van der Waals surface area contributed by atoms with Crippen molar-refractivity contribution in [1.82, 2.24) is 0 Å². The van der Waals surface area contributed by atoms with Crippen molar-refractivity contribution in [2.24, 2.45) is 28.6 Å². The van der Waals surface area contributed by atoms with Gasteiger partial charge in [-0.1, -0.05) is 40.7 Å². The molecule has 0 aromatic carbocycles. The number of ether oxygens (including phenoxy) is 2. The Kier molecular flexibility index (Phi) is 6.86. The Bertz CT molecular complexity index is 1130. The largest absolute Gasteiger partial charge is 0.457 e. The number of alkyl halides is 1. The first kappa shape index (κ1) is 27.7. The molecule has 0 unspecified atom stereocenters. The molecule has 0 radical (unpaired) electrons. The van der Waals surface area contributed by atoms with Crippen LogP contribution in [0.1, 0.15) is 66.7 Å². The summed E-state index contributed by atoms with van der Waals surface area (Å²) in [7, 11) is 0. The van der Waals surface area contributed by atoms with Crippen molar-refractivity contribution < 1.29 is 38.6 Å². The van der Waals surface area contributed by atoms with E-state index < -0.39 is 63.6 Å². The van der Waals surface area contributed by atoms with Crippen LogP contribution in [0.5, 0.6) is 0 Å². The van der Waals surface area contributed by atoms with E-state index in [2.05, 4.69) is 0 Å². The van der Waals surface area contributed by atoms with Crippen LogP contribution in [0.2, 0.25) is 0 Å². The summed E-state index contributed by atoms with van der Waals surface area (Å²) in [5.41, 5.74) is -3.57. The molecule has 3 fully saturated rings. The van der Waals surface area contributed by atoms with Crippen LogP contribution in [0.15, 0.2) is 23.8 Å². The fourth-order valence-corrected chi connectivity index (χ4v) is 8.31. The maximum Gasteiger partial charge on any atom is 0.306 e. The van der Waals surface area contributed by atoms with E-state index in [1.165, 1.54) is 12.2 Å². The smallest absolute Gasteiger partial charge is 0.306 e. The second kappa shape index (κ2) is 9.16. The van der Waals surface area contributed by atoms with E-state index in [1.807, 2.05) is 13.8 Å². The topological polar surface area (TPSA) is 124 Å². The quantitative estimate of drug-likeness (QED) is 0.407. The lowest BCUT2D eigenvalue weighted by Gasteiger charge is -2.63. The maximum atomic E-state index is 13.9. The highest BCUT2D eigenvalue weighted by molar-refractivity contribution is 6.28. The summed E-state index contributed by atoms with van der Waals surface area (Å²) in [4.78, 5) is 62.6. The molecule has 0 saturated heterocycles. The number of allylic oxidation sites excluding steroid dienone is 4. The summed E-state index contributed by atoms with van der Waals surface area (Å²) in [5, 5.41) is 11.8. The van der Waals surface area contributed by atoms with E-state index in [4.69, 9.17) is 21.1 Å². The third-order valence-corrected chi connectivity index (χ3v) is 10.6. The van der Waals surface area contributed by atoms with Crippen molar-refractivity contribution >= 4 is 40.9 Å². The van der Waals surface area contributed by atoms with Crippen molar-refractivity contribution in [1.29, 1.82) is 0 Å². The molecule has 9 heteroatoms. The van der Waals surface area contributed by atoms with Gasteiger partial charge in [-0.25, -0.2) is 0 Å². The average molecular weight is 535 g/mol. The van der Waals surface area contributed by atoms with Crippen LogP contribution >= 0.6 is 11.6 Å². The number of aliphatic hydroxyl groups excluding tert-OH is 1. The van der Waals surface area contributed by atoms with E-state index in [0.717, 1.165) is 0 Å². The van der Waals surface area contributed by atoms with Gasteiger partial charge in [0.1, 0.15) is 0 Å². The fraction of sp³-hybridized carbons (Fsp3) is 0.679. The van der Waals surface area contributed by atoms with Gasteiger partial charge in [0.05, 0.1) is 11.0 Å². The molecule has 0 bridgehead atoms. The van der Waals surface area contributed by atoms with Crippen molar-refractivity contribution in [3.05, 3.63) is 23.8 Å². The molecule has 4 aliphatic carbocycles. The summed E-state index contributed by atoms with van der Waals surface area (Å²) in [5.74, 6) is -3.62. The lowest BCUT2D eigenvalue weighted by atomic mass is 9.45. The van der Waals surface area contributed by atoms with Crippen molar-refractivity contribution in [3.63, 3.8) is 0 Å². The summed E-state index contributed by atoms with van der Waals surface area (Å²) in [6.45, 7) is 8.07. The summed E-state index contributed by atoms with van der Waals surface area (Å²) >= 11 is 7.39. The van der Waals surface area contributed by atoms with Gasteiger partial charge in [-0.2, -0.15) is 0 Å². The zero-order chi connectivity index (χ0) is 27.6. The third-order valence-electron chi connectivity index (χ3n) is 9.66. The highest BCUT2D eigenvalue weighted by Crippen LogP contribution is 2.71. The molecule has 1 N–H and O–H groups in total. The van der Waals surface area contributed by atoms with Gasteiger partial charge < -0.3 is 14.6 Å². The van der Waals surface area contributed by atoms with Gasteiger partial charge in [0.25, 0.3) is 0 Å². The number of fused-ring (bicyclic) bond motifs is 5. The van der Waals surface area contributed by atoms with Crippen LogP contribution in [-0.2, 0) is 33.4 Å². The van der Waals surface area contributed by atoms with Crippen LogP contribution in [0, 0.1) is 28.6 Å². The van der Waals surface area contributed by atoms with Crippen LogP contribution in [0.25, 0.3) is 0 Å². The van der Waals surface area contributed by atoms with E-state index in [-0.39, 0.29) is 48.7 Å². The number of carbonyl (C=O) groups excluding carboxylic acids is 5. The number of Topliss-reactive ketones (excluding diaryl/α,β-unsaturated/α-hetero) is 2. The van der Waals surface area contributed by atoms with Gasteiger partial charge in [-0.3, -0.25) is 24.0 Å². The first-order valence-corrected chi connectivity index (χ1v) is 13.4. The molecule has 0 aliphatic heterocycles. The highest BCUT2D eigenvalue weighted by Gasteiger charge is 2.77. The number of rotatable bonds is 6. The normalized spacial score (nSPS) is 42.3. The maximum absolute atomic E-state index is 13.9. The SMILES string of the molecule is CCC(=O)OCC(=O)[C@]1(OC(=O)CC)[C@@H](C)C[C@H]2[C@@H]3CC(=O)C4=CC(=O)C=C[C@]4(C)[C@@]3(Cl)[C@@H](O)C[C@@]21C. The number of carbonyl (C=O) groups is 5. The zero-order valence-corrected chi connectivity index (χ0v) is 22.7.